The second-order valence-electron chi connectivity index (χ2n) is 9.75. The molecule has 0 heterocycles. The number of benzene rings is 5. The Morgan fingerprint density at radius 1 is 0.513 bits per heavy atom. The molecule has 0 saturated heterocycles. The second-order valence-corrected chi connectivity index (χ2v) is 13.4. The Morgan fingerprint density at radius 2 is 0.872 bits per heavy atom. The van der Waals surface area contributed by atoms with E-state index in [2.05, 4.69) is 164 Å². The third-order valence-electron chi connectivity index (χ3n) is 7.17. The molecular weight excluding hydrogens is 509 g/mol. The highest BCUT2D eigenvalue weighted by Gasteiger charge is 2.36. The van der Waals surface area contributed by atoms with Crippen LogP contribution in [0.4, 0.5) is 0 Å². The van der Waals surface area contributed by atoms with Gasteiger partial charge in [-0.15, -0.1) is 11.8 Å². The summed E-state index contributed by atoms with van der Waals surface area (Å²) in [5.41, 5.74) is 3.98. The van der Waals surface area contributed by atoms with Crippen LogP contribution in [0, 0.1) is 0 Å². The minimum Gasteiger partial charge on any atom is -0.305 e. The summed E-state index contributed by atoms with van der Waals surface area (Å²) >= 11 is 2.05. The van der Waals surface area contributed by atoms with Crippen LogP contribution in [0.25, 0.3) is 0 Å². The van der Waals surface area contributed by atoms with E-state index in [1.165, 1.54) is 27.3 Å². The predicted octanol–water partition coefficient (Wildman–Crippen LogP) is 7.78. The van der Waals surface area contributed by atoms with Gasteiger partial charge in [-0.2, -0.15) is 0 Å². The summed E-state index contributed by atoms with van der Waals surface area (Å²) in [5.74, 6) is 1.03. The molecule has 0 saturated carbocycles. The molecule has 1 nitrogen and oxygen atoms in total. The molecule has 0 fully saturated rings. The maximum atomic E-state index is 2.51. The van der Waals surface area contributed by atoms with E-state index in [-0.39, 0.29) is 12.7 Å². The summed E-state index contributed by atoms with van der Waals surface area (Å²) in [5, 5.41) is 2.91. The lowest BCUT2D eigenvalue weighted by molar-refractivity contribution is 0.379. The van der Waals surface area contributed by atoms with Gasteiger partial charge in [-0.05, 0) is 48.4 Å². The Bertz CT molecular complexity index is 1240. The Balaban J connectivity index is 1.34. The highest BCUT2D eigenvalue weighted by molar-refractivity contribution is 8.00. The number of thioether (sulfide) groups is 1. The quantitative estimate of drug-likeness (QED) is 0.116. The lowest BCUT2D eigenvalue weighted by atomic mass is 9.84. The monoisotopic (exact) mass is 545 g/mol. The van der Waals surface area contributed by atoms with E-state index in [9.17, 15) is 0 Å². The summed E-state index contributed by atoms with van der Waals surface area (Å²) in [6.07, 6.45) is 1.16. The highest BCUT2D eigenvalue weighted by Crippen LogP contribution is 2.48. The molecule has 0 aliphatic carbocycles. The van der Waals surface area contributed by atoms with Gasteiger partial charge in [0.1, 0.15) is 0 Å². The van der Waals surface area contributed by atoms with Crippen LogP contribution >= 0.6 is 19.7 Å². The van der Waals surface area contributed by atoms with Crippen molar-refractivity contribution in [3.8, 4) is 0 Å². The van der Waals surface area contributed by atoms with Gasteiger partial charge < -0.3 is 4.90 Å². The molecule has 5 aromatic rings. The average Bonchev–Trinajstić information content (AvgIpc) is 3.02. The first-order valence-electron chi connectivity index (χ1n) is 13.6. The van der Waals surface area contributed by atoms with Gasteiger partial charge in [0, 0.05) is 18.8 Å². The third-order valence-corrected chi connectivity index (χ3v) is 11.2. The molecule has 0 aliphatic heterocycles. The van der Waals surface area contributed by atoms with E-state index in [1.54, 1.807) is 0 Å². The molecule has 0 amide bonds. The molecular formula is C36H36NPS. The zero-order chi connectivity index (χ0) is 26.8. The van der Waals surface area contributed by atoms with Gasteiger partial charge in [0.25, 0.3) is 0 Å². The Hall–Kier alpha value is -3.16. The fourth-order valence-electron chi connectivity index (χ4n) is 5.13. The van der Waals surface area contributed by atoms with E-state index >= 15 is 0 Å². The number of hydrogen-bond donors (Lipinski definition) is 0. The molecule has 5 aromatic carbocycles. The van der Waals surface area contributed by atoms with Gasteiger partial charge >= 0.3 is 0 Å². The van der Waals surface area contributed by atoms with Crippen molar-refractivity contribution in [3.63, 3.8) is 0 Å². The maximum Gasteiger partial charge on any atom is 0.0907 e. The van der Waals surface area contributed by atoms with Gasteiger partial charge in [0.2, 0.25) is 0 Å². The molecule has 0 unspecified atom stereocenters. The van der Waals surface area contributed by atoms with Gasteiger partial charge in [-0.1, -0.05) is 152 Å². The van der Waals surface area contributed by atoms with Crippen LogP contribution in [0.3, 0.4) is 0 Å². The highest BCUT2D eigenvalue weighted by atomic mass is 32.2. The summed E-state index contributed by atoms with van der Waals surface area (Å²) < 4.78 is -0.259. The van der Waals surface area contributed by atoms with Crippen LogP contribution in [0.5, 0.6) is 0 Å². The standard InChI is InChI=1S/C36H36NPS/c1-37(27-29-38(34-23-13-5-14-24-34)35-25-15-6-16-26-35)28-30-39-36(31-17-7-2-8-18-31,32-19-9-3-10-20-32)33-21-11-4-12-22-33/h2-26H,27-30H2,1H3. The Labute approximate surface area is 239 Å². The SMILES string of the molecule is CN(CCSC(c1ccccc1)(c1ccccc1)c1ccccc1)CCP(c1ccccc1)c1ccccc1. The maximum absolute atomic E-state index is 2.51. The van der Waals surface area contributed by atoms with Crippen LogP contribution < -0.4 is 10.6 Å². The first-order valence-corrected chi connectivity index (χ1v) is 16.2. The van der Waals surface area contributed by atoms with Crippen molar-refractivity contribution in [2.75, 3.05) is 32.1 Å². The summed E-state index contributed by atoms with van der Waals surface area (Å²) in [4.78, 5) is 2.51. The molecule has 5 rings (SSSR count). The molecule has 39 heavy (non-hydrogen) atoms. The van der Waals surface area contributed by atoms with Gasteiger partial charge in [0.15, 0.2) is 0 Å². The first kappa shape index (κ1) is 27.4. The first-order chi connectivity index (χ1) is 19.3. The fraction of sp³-hybridized carbons (Fsp3) is 0.167. The van der Waals surface area contributed by atoms with Crippen molar-refractivity contribution < 1.29 is 0 Å². The molecule has 0 radical (unpaired) electrons. The lowest BCUT2D eigenvalue weighted by Gasteiger charge is -2.36. The number of hydrogen-bond acceptors (Lipinski definition) is 2. The molecule has 196 valence electrons. The van der Waals surface area contributed by atoms with Crippen molar-refractivity contribution in [1.82, 2.24) is 4.90 Å². The molecule has 0 aromatic heterocycles. The third kappa shape index (κ3) is 6.71. The van der Waals surface area contributed by atoms with Crippen LogP contribution in [0.15, 0.2) is 152 Å². The van der Waals surface area contributed by atoms with Crippen molar-refractivity contribution in [1.29, 1.82) is 0 Å². The molecule has 3 heteroatoms. The van der Waals surface area contributed by atoms with Crippen LogP contribution in [0.2, 0.25) is 0 Å². The largest absolute Gasteiger partial charge is 0.305 e. The van der Waals surface area contributed by atoms with Crippen LogP contribution in [-0.2, 0) is 4.75 Å². The average molecular weight is 546 g/mol. The zero-order valence-electron chi connectivity index (χ0n) is 22.6. The molecule has 0 atom stereocenters. The lowest BCUT2D eigenvalue weighted by Crippen LogP contribution is -2.30. The fourth-order valence-corrected chi connectivity index (χ4v) is 9.17. The minimum atomic E-state index is -0.378. The Kier molecular flexibility index (Phi) is 9.67. The normalized spacial score (nSPS) is 11.7. The van der Waals surface area contributed by atoms with Crippen LogP contribution in [-0.4, -0.2) is 37.0 Å². The minimum absolute atomic E-state index is 0.259. The molecule has 0 N–H and O–H groups in total. The van der Waals surface area contributed by atoms with Gasteiger partial charge in [0.05, 0.1) is 4.75 Å². The topological polar surface area (TPSA) is 3.24 Å². The van der Waals surface area contributed by atoms with Crippen molar-refractivity contribution in [3.05, 3.63) is 168 Å². The zero-order valence-corrected chi connectivity index (χ0v) is 24.3. The van der Waals surface area contributed by atoms with Crippen molar-refractivity contribution >= 4 is 30.3 Å². The van der Waals surface area contributed by atoms with Gasteiger partial charge in [-0.25, -0.2) is 0 Å². The summed E-state index contributed by atoms with van der Waals surface area (Å²) in [7, 11) is 1.90. The predicted molar refractivity (Wildman–Crippen MR) is 173 cm³/mol. The molecule has 0 spiro atoms. The van der Waals surface area contributed by atoms with Crippen molar-refractivity contribution in [2.45, 2.75) is 4.75 Å². The molecule has 0 bridgehead atoms. The van der Waals surface area contributed by atoms with E-state index in [0.717, 1.165) is 25.0 Å². The summed E-state index contributed by atoms with van der Waals surface area (Å²) in [6, 6.07) is 55.1. The van der Waals surface area contributed by atoms with Gasteiger partial charge in [-0.3, -0.25) is 0 Å². The smallest absolute Gasteiger partial charge is 0.0907 e. The second kappa shape index (κ2) is 13.8. The van der Waals surface area contributed by atoms with Crippen molar-refractivity contribution in [2.24, 2.45) is 0 Å². The number of nitrogens with zero attached hydrogens (tertiary/aromatic N) is 1. The van der Waals surface area contributed by atoms with Crippen LogP contribution in [0.1, 0.15) is 16.7 Å². The van der Waals surface area contributed by atoms with E-state index in [4.69, 9.17) is 0 Å². The van der Waals surface area contributed by atoms with E-state index in [0.29, 0.717) is 0 Å². The number of rotatable bonds is 12. The van der Waals surface area contributed by atoms with E-state index < -0.39 is 0 Å². The summed E-state index contributed by atoms with van der Waals surface area (Å²) in [6.45, 7) is 2.11. The molecule has 0 aliphatic rings. The Morgan fingerprint density at radius 3 is 1.26 bits per heavy atom. The van der Waals surface area contributed by atoms with E-state index in [1.807, 2.05) is 11.8 Å².